The molecule has 0 spiro atoms. The summed E-state index contributed by atoms with van der Waals surface area (Å²) in [5, 5.41) is 0. The van der Waals surface area contributed by atoms with E-state index in [9.17, 15) is 9.59 Å². The molecule has 0 aliphatic heterocycles. The van der Waals surface area contributed by atoms with Crippen LogP contribution < -0.4 is 0 Å². The van der Waals surface area contributed by atoms with Gasteiger partial charge in [-0.15, -0.1) is 0 Å². The van der Waals surface area contributed by atoms with Gasteiger partial charge in [0.25, 0.3) is 0 Å². The normalized spacial score (nSPS) is 10.5. The largest absolute Gasteiger partial charge is 0.465 e. The molecule has 0 saturated carbocycles. The summed E-state index contributed by atoms with van der Waals surface area (Å²) in [7, 11) is 1.22. The molecule has 0 bridgehead atoms. The monoisotopic (exact) mass is 154 g/mol. The zero-order valence-electron chi connectivity index (χ0n) is 6.59. The van der Waals surface area contributed by atoms with Gasteiger partial charge in [-0.25, -0.2) is 4.79 Å². The van der Waals surface area contributed by atoms with Crippen LogP contribution in [0.15, 0.2) is 24.3 Å². The minimum absolute atomic E-state index is 0.0162. The fourth-order valence-electron chi connectivity index (χ4n) is 0.557. The molecule has 0 N–H and O–H groups in total. The topological polar surface area (TPSA) is 43.4 Å². The third kappa shape index (κ3) is 2.80. The molecule has 3 nitrogen and oxygen atoms in total. The van der Waals surface area contributed by atoms with Crippen molar-refractivity contribution in [3.63, 3.8) is 0 Å². The summed E-state index contributed by atoms with van der Waals surface area (Å²) in [6, 6.07) is 0. The Morgan fingerprint density at radius 2 is 2.00 bits per heavy atom. The lowest BCUT2D eigenvalue weighted by molar-refractivity contribution is -0.137. The summed E-state index contributed by atoms with van der Waals surface area (Å²) in [6.07, 6.45) is 2.70. The number of ketones is 1. The number of allylic oxidation sites excluding steroid dienone is 2. The first-order chi connectivity index (χ1) is 5.13. The number of esters is 1. The average molecular weight is 154 g/mol. The Morgan fingerprint density at radius 3 is 2.27 bits per heavy atom. The van der Waals surface area contributed by atoms with Crippen molar-refractivity contribution in [1.82, 2.24) is 0 Å². The molecule has 60 valence electrons. The summed E-state index contributed by atoms with van der Waals surface area (Å²) >= 11 is 0. The van der Waals surface area contributed by atoms with Crippen LogP contribution in [-0.4, -0.2) is 18.9 Å². The highest BCUT2D eigenvalue weighted by atomic mass is 16.5. The first-order valence-corrected chi connectivity index (χ1v) is 3.05. The Morgan fingerprint density at radius 1 is 1.45 bits per heavy atom. The summed E-state index contributed by atoms with van der Waals surface area (Å²) in [5.41, 5.74) is 0.0162. The zero-order valence-corrected chi connectivity index (χ0v) is 6.59. The number of carbonyl (C=O) groups excluding carboxylic acids is 2. The lowest BCUT2D eigenvalue weighted by Crippen LogP contribution is -2.11. The molecule has 0 saturated heterocycles. The number of methoxy groups -OCH3 is 1. The predicted octanol–water partition coefficient (Wildman–Crippen LogP) is 0.861. The highest BCUT2D eigenvalue weighted by Crippen LogP contribution is 1.98. The number of ether oxygens (including phenoxy) is 1. The fourth-order valence-corrected chi connectivity index (χ4v) is 0.557. The maximum atomic E-state index is 10.8. The van der Waals surface area contributed by atoms with Crippen molar-refractivity contribution in [2.24, 2.45) is 0 Å². The molecule has 0 rings (SSSR count). The van der Waals surface area contributed by atoms with E-state index in [1.54, 1.807) is 0 Å². The van der Waals surface area contributed by atoms with Crippen LogP contribution in [0.2, 0.25) is 0 Å². The van der Waals surface area contributed by atoms with Crippen LogP contribution in [0.4, 0.5) is 0 Å². The number of Topliss-reactive ketones (excluding diaryl/α,β-unsaturated/α-hetero) is 1. The van der Waals surface area contributed by atoms with Gasteiger partial charge in [0.15, 0.2) is 5.78 Å². The van der Waals surface area contributed by atoms with Crippen molar-refractivity contribution in [2.75, 3.05) is 7.11 Å². The van der Waals surface area contributed by atoms with Crippen LogP contribution >= 0.6 is 0 Å². The Labute approximate surface area is 65.4 Å². The Hall–Kier alpha value is -1.38. The second-order valence-corrected chi connectivity index (χ2v) is 1.86. The highest BCUT2D eigenvalue weighted by Gasteiger charge is 2.12. The molecular weight excluding hydrogens is 144 g/mol. The first kappa shape index (κ1) is 9.62. The molecule has 0 amide bonds. The van der Waals surface area contributed by atoms with Crippen molar-refractivity contribution in [1.29, 1.82) is 0 Å². The van der Waals surface area contributed by atoms with Gasteiger partial charge in [-0.3, -0.25) is 4.79 Å². The predicted molar refractivity (Wildman–Crippen MR) is 41.0 cm³/mol. The van der Waals surface area contributed by atoms with E-state index >= 15 is 0 Å². The molecular formula is C8H10O3. The molecule has 0 aliphatic rings. The number of hydrogen-bond donors (Lipinski definition) is 0. The van der Waals surface area contributed by atoms with Gasteiger partial charge in [0.05, 0.1) is 7.11 Å². The van der Waals surface area contributed by atoms with Gasteiger partial charge in [0.1, 0.15) is 5.57 Å². The van der Waals surface area contributed by atoms with Crippen molar-refractivity contribution in [3.8, 4) is 0 Å². The maximum absolute atomic E-state index is 10.8. The standard InChI is InChI=1S/C8H10O3/c1-4-5-7(6(2)9)8(10)11-3/h4-5H,1H2,2-3H3/b7-5+. The minimum atomic E-state index is -0.627. The smallest absolute Gasteiger partial charge is 0.341 e. The van der Waals surface area contributed by atoms with E-state index in [2.05, 4.69) is 11.3 Å². The molecule has 11 heavy (non-hydrogen) atoms. The fraction of sp³-hybridized carbons (Fsp3) is 0.250. The minimum Gasteiger partial charge on any atom is -0.465 e. The number of carbonyl (C=O) groups is 2. The third-order valence-corrected chi connectivity index (χ3v) is 1.07. The van der Waals surface area contributed by atoms with Gasteiger partial charge in [-0.2, -0.15) is 0 Å². The van der Waals surface area contributed by atoms with Gasteiger partial charge in [-0.1, -0.05) is 12.7 Å². The lowest BCUT2D eigenvalue weighted by Gasteiger charge is -1.97. The summed E-state index contributed by atoms with van der Waals surface area (Å²) in [6.45, 7) is 4.66. The van der Waals surface area contributed by atoms with E-state index in [1.165, 1.54) is 26.2 Å². The summed E-state index contributed by atoms with van der Waals surface area (Å²) in [5.74, 6) is -0.950. The van der Waals surface area contributed by atoms with Gasteiger partial charge >= 0.3 is 5.97 Å². The van der Waals surface area contributed by atoms with Crippen molar-refractivity contribution < 1.29 is 14.3 Å². The molecule has 3 heteroatoms. The molecule has 0 atom stereocenters. The SMILES string of the molecule is C=C/C=C(\C(C)=O)C(=O)OC. The van der Waals surface area contributed by atoms with Gasteiger partial charge < -0.3 is 4.74 Å². The van der Waals surface area contributed by atoms with Crippen LogP contribution in [0.5, 0.6) is 0 Å². The molecule has 0 heterocycles. The number of rotatable bonds is 3. The van der Waals surface area contributed by atoms with Crippen LogP contribution in [0.1, 0.15) is 6.92 Å². The van der Waals surface area contributed by atoms with Crippen molar-refractivity contribution >= 4 is 11.8 Å². The van der Waals surface area contributed by atoms with Crippen LogP contribution in [0, 0.1) is 0 Å². The molecule has 0 aromatic heterocycles. The highest BCUT2D eigenvalue weighted by molar-refractivity contribution is 6.16. The van der Waals surface area contributed by atoms with Crippen LogP contribution in [0.25, 0.3) is 0 Å². The van der Waals surface area contributed by atoms with E-state index in [4.69, 9.17) is 0 Å². The maximum Gasteiger partial charge on any atom is 0.341 e. The van der Waals surface area contributed by atoms with Crippen LogP contribution in [0.3, 0.4) is 0 Å². The second-order valence-electron chi connectivity index (χ2n) is 1.86. The Kier molecular flexibility index (Phi) is 3.88. The van der Waals surface area contributed by atoms with Crippen LogP contribution in [-0.2, 0) is 14.3 Å². The van der Waals surface area contributed by atoms with Gasteiger partial charge in [-0.05, 0) is 13.0 Å². The van der Waals surface area contributed by atoms with E-state index in [0.717, 1.165) is 0 Å². The van der Waals surface area contributed by atoms with Crippen molar-refractivity contribution in [2.45, 2.75) is 6.92 Å². The second kappa shape index (κ2) is 4.44. The summed E-state index contributed by atoms with van der Waals surface area (Å²) < 4.78 is 4.35. The van der Waals surface area contributed by atoms with E-state index in [1.807, 2.05) is 0 Å². The molecule has 0 aromatic carbocycles. The van der Waals surface area contributed by atoms with Gasteiger partial charge in [0.2, 0.25) is 0 Å². The number of hydrogen-bond acceptors (Lipinski definition) is 3. The van der Waals surface area contributed by atoms with Crippen molar-refractivity contribution in [3.05, 3.63) is 24.3 Å². The average Bonchev–Trinajstić information content (AvgIpc) is 1.98. The van der Waals surface area contributed by atoms with Gasteiger partial charge in [0, 0.05) is 0 Å². The zero-order chi connectivity index (χ0) is 8.85. The van der Waals surface area contributed by atoms with E-state index in [-0.39, 0.29) is 11.4 Å². The molecule has 0 aliphatic carbocycles. The molecule has 0 fully saturated rings. The summed E-state index contributed by atoms with van der Waals surface area (Å²) in [4.78, 5) is 21.5. The van der Waals surface area contributed by atoms with E-state index in [0.29, 0.717) is 0 Å². The quantitative estimate of drug-likeness (QED) is 0.199. The third-order valence-electron chi connectivity index (χ3n) is 1.07. The Bertz CT molecular complexity index is 213. The molecule has 0 unspecified atom stereocenters. The Balaban J connectivity index is 4.61. The first-order valence-electron chi connectivity index (χ1n) is 3.05. The molecule has 0 radical (unpaired) electrons. The lowest BCUT2D eigenvalue weighted by atomic mass is 10.2. The molecule has 0 aromatic rings. The van der Waals surface area contributed by atoms with E-state index < -0.39 is 5.97 Å².